The maximum Gasteiger partial charge on any atom is 0.164 e. The van der Waals surface area contributed by atoms with Crippen LogP contribution in [-0.4, -0.2) is 31.8 Å². The fraction of sp³-hybridized carbons (Fsp3) is 0.571. The van der Waals surface area contributed by atoms with E-state index >= 15 is 0 Å². The fourth-order valence-corrected chi connectivity index (χ4v) is 2.60. The Morgan fingerprint density at radius 1 is 1.37 bits per heavy atom. The summed E-state index contributed by atoms with van der Waals surface area (Å²) in [6.45, 7) is 3.40. The molecule has 0 amide bonds. The van der Waals surface area contributed by atoms with Gasteiger partial charge in [0.05, 0.1) is 13.7 Å². The van der Waals surface area contributed by atoms with Gasteiger partial charge in [-0.15, -0.1) is 0 Å². The van der Waals surface area contributed by atoms with E-state index in [1.165, 1.54) is 0 Å². The largest absolute Gasteiger partial charge is 0.493 e. The molecule has 108 valence electrons. The molecule has 1 rings (SSSR count). The minimum Gasteiger partial charge on any atom is -0.493 e. The molecule has 1 aromatic carbocycles. The lowest BCUT2D eigenvalue weighted by atomic mass is 10.1. The maximum absolute atomic E-state index is 6.06. The molecule has 0 aromatic heterocycles. The van der Waals surface area contributed by atoms with Crippen molar-refractivity contribution in [3.8, 4) is 11.5 Å². The molecule has 0 aliphatic rings. The van der Waals surface area contributed by atoms with Gasteiger partial charge in [0, 0.05) is 16.7 Å². The van der Waals surface area contributed by atoms with E-state index in [9.17, 15) is 0 Å². The van der Waals surface area contributed by atoms with Gasteiger partial charge in [0.25, 0.3) is 0 Å². The summed E-state index contributed by atoms with van der Waals surface area (Å²) < 4.78 is 11.2. The summed E-state index contributed by atoms with van der Waals surface area (Å²) in [4.78, 5) is 0. The number of hydrogen-bond donors (Lipinski definition) is 1. The number of halogens is 1. The van der Waals surface area contributed by atoms with Gasteiger partial charge in [0.15, 0.2) is 11.5 Å². The Balaban J connectivity index is 2.72. The summed E-state index contributed by atoms with van der Waals surface area (Å²) in [5, 5.41) is 0.647. The molecule has 0 atom stereocenters. The van der Waals surface area contributed by atoms with Gasteiger partial charge >= 0.3 is 0 Å². The predicted octanol–water partition coefficient (Wildman–Crippen LogP) is 3.37. The molecule has 0 aliphatic heterocycles. The first-order valence-corrected chi connectivity index (χ1v) is 8.03. The minimum absolute atomic E-state index is 0.561. The second-order valence-electron chi connectivity index (χ2n) is 4.03. The van der Waals surface area contributed by atoms with E-state index in [-0.39, 0.29) is 0 Å². The van der Waals surface area contributed by atoms with Crippen molar-refractivity contribution in [2.45, 2.75) is 19.8 Å². The predicted molar refractivity (Wildman–Crippen MR) is 83.9 cm³/mol. The van der Waals surface area contributed by atoms with Crippen LogP contribution in [0.1, 0.15) is 18.9 Å². The van der Waals surface area contributed by atoms with Crippen LogP contribution in [0.3, 0.4) is 0 Å². The number of ether oxygens (including phenoxy) is 2. The van der Waals surface area contributed by atoms with E-state index in [2.05, 4.69) is 6.92 Å². The molecule has 0 saturated carbocycles. The second kappa shape index (κ2) is 9.34. The van der Waals surface area contributed by atoms with Crippen molar-refractivity contribution >= 4 is 23.4 Å². The molecule has 1 aromatic rings. The van der Waals surface area contributed by atoms with E-state index in [0.29, 0.717) is 23.9 Å². The van der Waals surface area contributed by atoms with Crippen LogP contribution in [0, 0.1) is 0 Å². The lowest BCUT2D eigenvalue weighted by Gasteiger charge is -2.15. The third kappa shape index (κ3) is 5.51. The topological polar surface area (TPSA) is 44.5 Å². The molecule has 3 nitrogen and oxygen atoms in total. The highest BCUT2D eigenvalue weighted by molar-refractivity contribution is 7.99. The summed E-state index contributed by atoms with van der Waals surface area (Å²) in [5.74, 6) is 3.71. The summed E-state index contributed by atoms with van der Waals surface area (Å²) in [6, 6.07) is 3.67. The quantitative estimate of drug-likeness (QED) is 0.710. The number of hydrogen-bond acceptors (Lipinski definition) is 4. The van der Waals surface area contributed by atoms with E-state index in [1.54, 1.807) is 13.2 Å². The molecule has 0 saturated heterocycles. The van der Waals surface area contributed by atoms with E-state index in [4.69, 9.17) is 26.8 Å². The van der Waals surface area contributed by atoms with Crippen molar-refractivity contribution in [3.05, 3.63) is 22.7 Å². The summed E-state index contributed by atoms with van der Waals surface area (Å²) in [6.07, 6.45) is 1.75. The molecule has 0 aliphatic carbocycles. The molecule has 0 bridgehead atoms. The van der Waals surface area contributed by atoms with Gasteiger partial charge in [-0.05, 0) is 37.0 Å². The van der Waals surface area contributed by atoms with Crippen molar-refractivity contribution < 1.29 is 9.47 Å². The lowest BCUT2D eigenvalue weighted by Crippen LogP contribution is -2.08. The summed E-state index contributed by atoms with van der Waals surface area (Å²) in [5.41, 5.74) is 6.63. The van der Waals surface area contributed by atoms with E-state index < -0.39 is 0 Å². The van der Waals surface area contributed by atoms with Gasteiger partial charge in [-0.3, -0.25) is 0 Å². The number of benzene rings is 1. The van der Waals surface area contributed by atoms with Gasteiger partial charge in [-0.2, -0.15) is 11.8 Å². The Morgan fingerprint density at radius 3 is 2.79 bits per heavy atom. The molecule has 19 heavy (non-hydrogen) atoms. The smallest absolute Gasteiger partial charge is 0.164 e. The van der Waals surface area contributed by atoms with Gasteiger partial charge in [-0.1, -0.05) is 18.5 Å². The SMILES string of the molecule is CCSCCCOc1c(CCN)cc(Cl)cc1OC. The van der Waals surface area contributed by atoms with Crippen molar-refractivity contribution in [2.75, 3.05) is 31.8 Å². The van der Waals surface area contributed by atoms with Crippen LogP contribution in [0.4, 0.5) is 0 Å². The normalized spacial score (nSPS) is 10.5. The third-order valence-corrected chi connectivity index (χ3v) is 3.82. The third-order valence-electron chi connectivity index (χ3n) is 2.61. The van der Waals surface area contributed by atoms with Crippen LogP contribution in [-0.2, 0) is 6.42 Å². The van der Waals surface area contributed by atoms with E-state index in [1.807, 2.05) is 17.8 Å². The van der Waals surface area contributed by atoms with Crippen molar-refractivity contribution in [2.24, 2.45) is 5.73 Å². The first-order valence-electron chi connectivity index (χ1n) is 6.50. The van der Waals surface area contributed by atoms with Crippen LogP contribution in [0.15, 0.2) is 12.1 Å². The number of methoxy groups -OCH3 is 1. The molecule has 0 unspecified atom stereocenters. The minimum atomic E-state index is 0.561. The average molecular weight is 304 g/mol. The standard InChI is InChI=1S/C14H22ClNO2S/c1-3-19-8-4-7-18-14-11(5-6-16)9-12(15)10-13(14)17-2/h9-10H,3-8,16H2,1-2H3. The van der Waals surface area contributed by atoms with E-state index in [0.717, 1.165) is 35.7 Å². The van der Waals surface area contributed by atoms with Crippen molar-refractivity contribution in [3.63, 3.8) is 0 Å². The van der Waals surface area contributed by atoms with Gasteiger partial charge in [-0.25, -0.2) is 0 Å². The van der Waals surface area contributed by atoms with Crippen LogP contribution < -0.4 is 15.2 Å². The number of thioether (sulfide) groups is 1. The Morgan fingerprint density at radius 2 is 2.16 bits per heavy atom. The van der Waals surface area contributed by atoms with Crippen molar-refractivity contribution in [1.29, 1.82) is 0 Å². The first-order chi connectivity index (χ1) is 9.22. The molecular formula is C14H22ClNO2S. The zero-order chi connectivity index (χ0) is 14.1. The highest BCUT2D eigenvalue weighted by Gasteiger charge is 2.12. The Hall–Kier alpha value is -0.580. The Bertz CT molecular complexity index is 388. The first kappa shape index (κ1) is 16.5. The molecular weight excluding hydrogens is 282 g/mol. The molecule has 2 N–H and O–H groups in total. The van der Waals surface area contributed by atoms with Crippen molar-refractivity contribution in [1.82, 2.24) is 0 Å². The summed E-state index contributed by atoms with van der Waals surface area (Å²) >= 11 is 7.98. The molecule has 0 radical (unpaired) electrons. The second-order valence-corrected chi connectivity index (χ2v) is 5.86. The highest BCUT2D eigenvalue weighted by Crippen LogP contribution is 2.35. The highest BCUT2D eigenvalue weighted by atomic mass is 35.5. The monoisotopic (exact) mass is 303 g/mol. The molecule has 0 spiro atoms. The Labute approximate surface area is 124 Å². The van der Waals surface area contributed by atoms with Crippen LogP contribution in [0.2, 0.25) is 5.02 Å². The van der Waals surface area contributed by atoms with Gasteiger partial charge in [0.1, 0.15) is 0 Å². The summed E-state index contributed by atoms with van der Waals surface area (Å²) in [7, 11) is 1.62. The zero-order valence-electron chi connectivity index (χ0n) is 11.6. The molecule has 5 heteroatoms. The Kier molecular flexibility index (Phi) is 8.10. The number of nitrogens with two attached hydrogens (primary N) is 1. The van der Waals surface area contributed by atoms with Crippen LogP contribution in [0.25, 0.3) is 0 Å². The zero-order valence-corrected chi connectivity index (χ0v) is 13.1. The van der Waals surface area contributed by atoms with Gasteiger partial charge in [0.2, 0.25) is 0 Å². The van der Waals surface area contributed by atoms with Crippen LogP contribution in [0.5, 0.6) is 11.5 Å². The van der Waals surface area contributed by atoms with Gasteiger partial charge < -0.3 is 15.2 Å². The average Bonchev–Trinajstić information content (AvgIpc) is 2.40. The lowest BCUT2D eigenvalue weighted by molar-refractivity contribution is 0.292. The fourth-order valence-electron chi connectivity index (χ4n) is 1.76. The molecule has 0 heterocycles. The van der Waals surface area contributed by atoms with Crippen LogP contribution >= 0.6 is 23.4 Å². The number of rotatable bonds is 9. The maximum atomic E-state index is 6.06. The molecule has 0 fully saturated rings.